The summed E-state index contributed by atoms with van der Waals surface area (Å²) in [5, 5.41) is 0. The molecule has 0 saturated carbocycles. The molecule has 42 heavy (non-hydrogen) atoms. The molecule has 0 amide bonds. The van der Waals surface area contributed by atoms with E-state index in [0.717, 1.165) is 34.1 Å². The Morgan fingerprint density at radius 1 is 0.238 bits per heavy atom. The summed E-state index contributed by atoms with van der Waals surface area (Å²) in [6.45, 7) is 0. The highest BCUT2D eigenvalue weighted by atomic mass is 127. The molecular formula is C36H24I4N2. The van der Waals surface area contributed by atoms with Crippen LogP contribution in [0, 0.1) is 14.3 Å². The van der Waals surface area contributed by atoms with Crippen molar-refractivity contribution in [3.63, 3.8) is 0 Å². The topological polar surface area (TPSA) is 6.48 Å². The molecule has 2 nitrogen and oxygen atoms in total. The maximum absolute atomic E-state index is 2.36. The zero-order valence-corrected chi connectivity index (χ0v) is 30.9. The molecule has 0 aliphatic carbocycles. The largest absolute Gasteiger partial charge is 0.311 e. The Kier molecular flexibility index (Phi) is 9.71. The Bertz CT molecular complexity index is 1540. The van der Waals surface area contributed by atoms with Crippen LogP contribution in [0.4, 0.5) is 34.1 Å². The second kappa shape index (κ2) is 13.6. The lowest BCUT2D eigenvalue weighted by Gasteiger charge is -2.26. The number of rotatable bonds is 7. The van der Waals surface area contributed by atoms with Crippen molar-refractivity contribution >= 4 is 124 Å². The summed E-state index contributed by atoms with van der Waals surface area (Å²) in [4.78, 5) is 4.61. The average Bonchev–Trinajstić information content (AvgIpc) is 3.02. The normalized spacial score (nSPS) is 10.9. The van der Waals surface area contributed by atoms with Crippen LogP contribution in [0.5, 0.6) is 0 Å². The van der Waals surface area contributed by atoms with Gasteiger partial charge >= 0.3 is 0 Å². The van der Waals surface area contributed by atoms with Crippen molar-refractivity contribution in [3.05, 3.63) is 160 Å². The highest BCUT2D eigenvalue weighted by Gasteiger charge is 2.15. The molecule has 6 heteroatoms. The highest BCUT2D eigenvalue weighted by Crippen LogP contribution is 2.38. The molecular weight excluding hydrogens is 968 g/mol. The Morgan fingerprint density at radius 3 is 0.595 bits per heavy atom. The van der Waals surface area contributed by atoms with Gasteiger partial charge in [0, 0.05) is 48.4 Å². The number of hydrogen-bond acceptors (Lipinski definition) is 2. The molecule has 0 N–H and O–H groups in total. The molecule has 0 saturated heterocycles. The molecule has 0 heterocycles. The summed E-state index contributed by atoms with van der Waals surface area (Å²) < 4.78 is 4.89. The van der Waals surface area contributed by atoms with Gasteiger partial charge in [0.1, 0.15) is 0 Å². The Balaban J connectivity index is 1.31. The van der Waals surface area contributed by atoms with Crippen molar-refractivity contribution in [2.24, 2.45) is 0 Å². The number of anilines is 6. The van der Waals surface area contributed by atoms with E-state index in [-0.39, 0.29) is 0 Å². The van der Waals surface area contributed by atoms with Crippen LogP contribution >= 0.6 is 90.4 Å². The van der Waals surface area contributed by atoms with Crippen LogP contribution in [0.1, 0.15) is 0 Å². The molecule has 0 fully saturated rings. The van der Waals surface area contributed by atoms with Crippen molar-refractivity contribution < 1.29 is 0 Å². The number of benzene rings is 6. The van der Waals surface area contributed by atoms with Crippen LogP contribution < -0.4 is 9.80 Å². The first kappa shape index (κ1) is 29.9. The zero-order valence-electron chi connectivity index (χ0n) is 22.3. The first-order valence-electron chi connectivity index (χ1n) is 13.3. The van der Waals surface area contributed by atoms with Crippen molar-refractivity contribution in [3.8, 4) is 11.1 Å². The molecule has 6 aromatic rings. The van der Waals surface area contributed by atoms with Gasteiger partial charge < -0.3 is 9.80 Å². The molecule has 206 valence electrons. The van der Waals surface area contributed by atoms with Gasteiger partial charge in [0.15, 0.2) is 0 Å². The SMILES string of the molecule is Ic1ccc(N(c2ccc(I)cc2)c2ccc(-c3ccc(N(c4ccc(I)cc4)c4ccc(I)cc4)cc3)cc2)cc1. The van der Waals surface area contributed by atoms with Gasteiger partial charge in [0.25, 0.3) is 0 Å². The summed E-state index contributed by atoms with van der Waals surface area (Å²) in [5.74, 6) is 0. The summed E-state index contributed by atoms with van der Waals surface area (Å²) in [7, 11) is 0. The van der Waals surface area contributed by atoms with Gasteiger partial charge in [-0.3, -0.25) is 0 Å². The summed E-state index contributed by atoms with van der Waals surface area (Å²) >= 11 is 9.43. The minimum atomic E-state index is 1.13. The Labute approximate surface area is 301 Å². The van der Waals surface area contributed by atoms with Crippen LogP contribution in [0.25, 0.3) is 11.1 Å². The monoisotopic (exact) mass is 992 g/mol. The van der Waals surface area contributed by atoms with Crippen LogP contribution in [0.2, 0.25) is 0 Å². The predicted octanol–water partition coefficient (Wildman–Crippen LogP) is 12.7. The number of hydrogen-bond donors (Lipinski definition) is 0. The molecule has 0 spiro atoms. The third-order valence-corrected chi connectivity index (χ3v) is 9.80. The highest BCUT2D eigenvalue weighted by molar-refractivity contribution is 14.1. The van der Waals surface area contributed by atoms with Gasteiger partial charge in [-0.25, -0.2) is 0 Å². The molecule has 0 unspecified atom stereocenters. The average molecular weight is 992 g/mol. The van der Waals surface area contributed by atoms with Crippen LogP contribution in [-0.4, -0.2) is 0 Å². The molecule has 0 atom stereocenters. The molecule has 0 aliphatic rings. The summed E-state index contributed by atoms with van der Waals surface area (Å²) in [6.07, 6.45) is 0. The van der Waals surface area contributed by atoms with E-state index in [0.29, 0.717) is 0 Å². The van der Waals surface area contributed by atoms with E-state index in [4.69, 9.17) is 0 Å². The Hall–Kier alpha value is -2.16. The number of halogens is 4. The molecule has 0 aliphatic heterocycles. The fourth-order valence-corrected chi connectivity index (χ4v) is 6.30. The molecule has 0 bridgehead atoms. The molecule has 6 aromatic carbocycles. The van der Waals surface area contributed by atoms with Crippen molar-refractivity contribution in [1.29, 1.82) is 0 Å². The molecule has 0 radical (unpaired) electrons. The lowest BCUT2D eigenvalue weighted by Crippen LogP contribution is -2.10. The van der Waals surface area contributed by atoms with Gasteiger partial charge in [-0.15, -0.1) is 0 Å². The van der Waals surface area contributed by atoms with Crippen molar-refractivity contribution in [2.75, 3.05) is 9.80 Å². The van der Waals surface area contributed by atoms with Gasteiger partial charge in [-0.2, -0.15) is 0 Å². The van der Waals surface area contributed by atoms with Crippen LogP contribution in [-0.2, 0) is 0 Å². The van der Waals surface area contributed by atoms with E-state index in [2.05, 4.69) is 246 Å². The minimum absolute atomic E-state index is 1.13. The molecule has 6 rings (SSSR count). The number of nitrogens with zero attached hydrogens (tertiary/aromatic N) is 2. The Morgan fingerprint density at radius 2 is 0.405 bits per heavy atom. The third-order valence-electron chi connectivity index (χ3n) is 6.92. The minimum Gasteiger partial charge on any atom is -0.311 e. The standard InChI is InChI=1S/C36H24I4N2/c37-27-5-17-33(18-6-27)41(34-19-7-28(38)8-20-34)31-13-1-25(2-14-31)26-3-15-32(16-4-26)42(35-21-9-29(39)10-22-35)36-23-11-30(40)12-24-36/h1-24H. The maximum Gasteiger partial charge on any atom is 0.0462 e. The van der Waals surface area contributed by atoms with Crippen molar-refractivity contribution in [2.45, 2.75) is 0 Å². The van der Waals surface area contributed by atoms with E-state index >= 15 is 0 Å². The first-order valence-corrected chi connectivity index (χ1v) is 17.6. The fraction of sp³-hybridized carbons (Fsp3) is 0. The van der Waals surface area contributed by atoms with Crippen LogP contribution in [0.3, 0.4) is 0 Å². The van der Waals surface area contributed by atoms with Crippen LogP contribution in [0.15, 0.2) is 146 Å². The fourth-order valence-electron chi connectivity index (χ4n) is 4.86. The smallest absolute Gasteiger partial charge is 0.0462 e. The lowest BCUT2D eigenvalue weighted by atomic mass is 10.0. The molecule has 0 aromatic heterocycles. The van der Waals surface area contributed by atoms with E-state index < -0.39 is 0 Å². The lowest BCUT2D eigenvalue weighted by molar-refractivity contribution is 1.27. The predicted molar refractivity (Wildman–Crippen MR) is 212 cm³/mol. The summed E-state index contributed by atoms with van der Waals surface area (Å²) in [6, 6.07) is 52.4. The quantitative estimate of drug-likeness (QED) is 0.147. The van der Waals surface area contributed by atoms with Gasteiger partial charge in [0.2, 0.25) is 0 Å². The second-order valence-electron chi connectivity index (χ2n) is 9.67. The van der Waals surface area contributed by atoms with E-state index in [1.807, 2.05) is 0 Å². The van der Waals surface area contributed by atoms with E-state index in [1.165, 1.54) is 25.4 Å². The zero-order chi connectivity index (χ0) is 29.1. The van der Waals surface area contributed by atoms with Crippen molar-refractivity contribution in [1.82, 2.24) is 0 Å². The second-order valence-corrected chi connectivity index (χ2v) is 14.7. The first-order chi connectivity index (χ1) is 20.4. The summed E-state index contributed by atoms with van der Waals surface area (Å²) in [5.41, 5.74) is 9.18. The van der Waals surface area contributed by atoms with Gasteiger partial charge in [-0.1, -0.05) is 24.3 Å². The van der Waals surface area contributed by atoms with E-state index in [1.54, 1.807) is 0 Å². The van der Waals surface area contributed by atoms with E-state index in [9.17, 15) is 0 Å². The van der Waals surface area contributed by atoms with Gasteiger partial charge in [-0.05, 0) is 223 Å². The van der Waals surface area contributed by atoms with Gasteiger partial charge in [0.05, 0.1) is 0 Å². The maximum atomic E-state index is 2.36. The third kappa shape index (κ3) is 6.97.